The first-order valence-corrected chi connectivity index (χ1v) is 6.62. The molecule has 0 amide bonds. The van der Waals surface area contributed by atoms with Crippen LogP contribution in [-0.2, 0) is 6.54 Å². The van der Waals surface area contributed by atoms with Gasteiger partial charge in [-0.05, 0) is 35.9 Å². The number of hydrogen-bond acceptors (Lipinski definition) is 3. The van der Waals surface area contributed by atoms with E-state index in [1.807, 2.05) is 0 Å². The lowest BCUT2D eigenvalue weighted by Crippen LogP contribution is -2.34. The van der Waals surface area contributed by atoms with Gasteiger partial charge in [-0.3, -0.25) is 0 Å². The molecule has 15 heavy (non-hydrogen) atoms. The summed E-state index contributed by atoms with van der Waals surface area (Å²) in [4.78, 5) is 2.31. The summed E-state index contributed by atoms with van der Waals surface area (Å²) in [7, 11) is 2.14. The molecule has 1 aromatic heterocycles. The number of nitrogens with two attached hydrogens (primary N) is 1. The van der Waals surface area contributed by atoms with Crippen LogP contribution in [-0.4, -0.2) is 24.5 Å². The number of nitrogens with zero attached hydrogens (tertiary/aromatic N) is 1. The van der Waals surface area contributed by atoms with Crippen LogP contribution in [0, 0.1) is 0 Å². The van der Waals surface area contributed by atoms with Gasteiger partial charge in [0.2, 0.25) is 0 Å². The Morgan fingerprint density at radius 2 is 2.33 bits per heavy atom. The Morgan fingerprint density at radius 3 is 2.93 bits per heavy atom. The quantitative estimate of drug-likeness (QED) is 0.774. The smallest absolute Gasteiger partial charge is 0.0239 e. The summed E-state index contributed by atoms with van der Waals surface area (Å²) in [5.74, 6) is 0. The number of unbranched alkanes of at least 4 members (excludes halogenated alkanes) is 1. The Kier molecular flexibility index (Phi) is 5.91. The second-order valence-electron chi connectivity index (χ2n) is 4.23. The summed E-state index contributed by atoms with van der Waals surface area (Å²) in [6, 6.07) is 2.51. The van der Waals surface area contributed by atoms with Gasteiger partial charge in [-0.1, -0.05) is 19.8 Å². The average Bonchev–Trinajstić information content (AvgIpc) is 2.67. The average molecular weight is 226 g/mol. The fraction of sp³-hybridized carbons (Fsp3) is 0.667. The highest BCUT2D eigenvalue weighted by Crippen LogP contribution is 2.09. The van der Waals surface area contributed by atoms with Gasteiger partial charge in [-0.2, -0.15) is 11.3 Å². The lowest BCUT2D eigenvalue weighted by atomic mass is 10.1. The fourth-order valence-corrected chi connectivity index (χ4v) is 2.38. The Bertz CT molecular complexity index is 246. The number of thiophene rings is 1. The van der Waals surface area contributed by atoms with Crippen molar-refractivity contribution >= 4 is 11.3 Å². The normalized spacial score (nSPS) is 13.3. The van der Waals surface area contributed by atoms with Gasteiger partial charge in [-0.15, -0.1) is 0 Å². The van der Waals surface area contributed by atoms with Crippen molar-refractivity contribution in [3.8, 4) is 0 Å². The minimum atomic E-state index is 0.327. The standard InChI is InChI=1S/C12H22N2S/c1-3-4-5-12(13)9-14(2)8-11-6-7-15-10-11/h6-7,10,12H,3-5,8-9,13H2,1-2H3. The SMILES string of the molecule is CCCCC(N)CN(C)Cc1ccsc1. The van der Waals surface area contributed by atoms with Gasteiger partial charge in [0, 0.05) is 19.1 Å². The van der Waals surface area contributed by atoms with E-state index in [0.717, 1.165) is 19.5 Å². The van der Waals surface area contributed by atoms with Gasteiger partial charge in [0.25, 0.3) is 0 Å². The Labute approximate surface area is 97.1 Å². The molecule has 86 valence electrons. The van der Waals surface area contributed by atoms with Crippen molar-refractivity contribution < 1.29 is 0 Å². The topological polar surface area (TPSA) is 29.3 Å². The zero-order chi connectivity index (χ0) is 11.1. The fourth-order valence-electron chi connectivity index (χ4n) is 1.72. The van der Waals surface area contributed by atoms with E-state index in [0.29, 0.717) is 6.04 Å². The molecule has 0 saturated heterocycles. The molecule has 0 fully saturated rings. The molecule has 1 heterocycles. The molecule has 0 aromatic carbocycles. The third kappa shape index (κ3) is 5.30. The molecule has 2 N–H and O–H groups in total. The molecule has 0 bridgehead atoms. The van der Waals surface area contributed by atoms with Crippen LogP contribution >= 0.6 is 11.3 Å². The minimum Gasteiger partial charge on any atom is -0.327 e. The monoisotopic (exact) mass is 226 g/mol. The molecule has 1 atom stereocenters. The molecule has 0 aliphatic rings. The van der Waals surface area contributed by atoms with Crippen molar-refractivity contribution in [2.75, 3.05) is 13.6 Å². The third-order valence-corrected chi connectivity index (χ3v) is 3.24. The maximum Gasteiger partial charge on any atom is 0.0239 e. The van der Waals surface area contributed by atoms with E-state index in [-0.39, 0.29) is 0 Å². The molecule has 1 aromatic rings. The molecular weight excluding hydrogens is 204 g/mol. The van der Waals surface area contributed by atoms with E-state index in [2.05, 4.69) is 35.7 Å². The molecule has 2 nitrogen and oxygen atoms in total. The van der Waals surface area contributed by atoms with Crippen LogP contribution < -0.4 is 5.73 Å². The zero-order valence-corrected chi connectivity index (χ0v) is 10.6. The van der Waals surface area contributed by atoms with E-state index in [1.54, 1.807) is 11.3 Å². The molecule has 0 aliphatic heterocycles. The van der Waals surface area contributed by atoms with Gasteiger partial charge < -0.3 is 10.6 Å². The van der Waals surface area contributed by atoms with Gasteiger partial charge >= 0.3 is 0 Å². The van der Waals surface area contributed by atoms with Crippen LogP contribution in [0.4, 0.5) is 0 Å². The summed E-state index contributed by atoms with van der Waals surface area (Å²) in [6.07, 6.45) is 3.62. The Balaban J connectivity index is 2.20. The lowest BCUT2D eigenvalue weighted by molar-refractivity contribution is 0.296. The van der Waals surface area contributed by atoms with Crippen LogP contribution in [0.1, 0.15) is 31.7 Å². The highest BCUT2D eigenvalue weighted by atomic mass is 32.1. The first-order valence-electron chi connectivity index (χ1n) is 5.67. The molecule has 1 unspecified atom stereocenters. The van der Waals surface area contributed by atoms with Crippen molar-refractivity contribution in [1.29, 1.82) is 0 Å². The second kappa shape index (κ2) is 6.99. The Morgan fingerprint density at radius 1 is 1.53 bits per heavy atom. The predicted octanol–water partition coefficient (Wildman–Crippen LogP) is 2.70. The number of rotatable bonds is 7. The van der Waals surface area contributed by atoms with Crippen LogP contribution in [0.25, 0.3) is 0 Å². The summed E-state index contributed by atoms with van der Waals surface area (Å²) in [6.45, 7) is 4.22. The molecule has 0 saturated carbocycles. The van der Waals surface area contributed by atoms with E-state index < -0.39 is 0 Å². The molecular formula is C12H22N2S. The second-order valence-corrected chi connectivity index (χ2v) is 5.01. The maximum absolute atomic E-state index is 6.05. The molecule has 0 radical (unpaired) electrons. The van der Waals surface area contributed by atoms with Crippen LogP contribution in [0.5, 0.6) is 0 Å². The van der Waals surface area contributed by atoms with E-state index in [9.17, 15) is 0 Å². The highest BCUT2D eigenvalue weighted by Gasteiger charge is 2.06. The van der Waals surface area contributed by atoms with Crippen LogP contribution in [0.2, 0.25) is 0 Å². The largest absolute Gasteiger partial charge is 0.327 e. The molecule has 1 rings (SSSR count). The first kappa shape index (κ1) is 12.7. The summed E-state index contributed by atoms with van der Waals surface area (Å²) < 4.78 is 0. The molecule has 0 spiro atoms. The maximum atomic E-state index is 6.05. The zero-order valence-electron chi connectivity index (χ0n) is 9.78. The van der Waals surface area contributed by atoms with Crippen molar-refractivity contribution in [2.45, 2.75) is 38.8 Å². The summed E-state index contributed by atoms with van der Waals surface area (Å²) in [5.41, 5.74) is 7.44. The van der Waals surface area contributed by atoms with E-state index in [4.69, 9.17) is 5.73 Å². The summed E-state index contributed by atoms with van der Waals surface area (Å²) >= 11 is 1.76. The first-order chi connectivity index (χ1) is 7.22. The lowest BCUT2D eigenvalue weighted by Gasteiger charge is -2.20. The van der Waals surface area contributed by atoms with E-state index >= 15 is 0 Å². The highest BCUT2D eigenvalue weighted by molar-refractivity contribution is 7.07. The summed E-state index contributed by atoms with van der Waals surface area (Å²) in [5, 5.41) is 4.33. The number of hydrogen-bond donors (Lipinski definition) is 1. The van der Waals surface area contributed by atoms with Crippen LogP contribution in [0.3, 0.4) is 0 Å². The van der Waals surface area contributed by atoms with Gasteiger partial charge in [-0.25, -0.2) is 0 Å². The van der Waals surface area contributed by atoms with E-state index in [1.165, 1.54) is 18.4 Å². The molecule has 3 heteroatoms. The van der Waals surface area contributed by atoms with Crippen molar-refractivity contribution in [3.63, 3.8) is 0 Å². The third-order valence-electron chi connectivity index (χ3n) is 2.51. The molecule has 0 aliphatic carbocycles. The number of likely N-dealkylation sites (N-methyl/N-ethyl adjacent to an activating group) is 1. The van der Waals surface area contributed by atoms with Gasteiger partial charge in [0.1, 0.15) is 0 Å². The van der Waals surface area contributed by atoms with Crippen LogP contribution in [0.15, 0.2) is 16.8 Å². The minimum absolute atomic E-state index is 0.327. The predicted molar refractivity (Wildman–Crippen MR) is 68.2 cm³/mol. The van der Waals surface area contributed by atoms with Crippen molar-refractivity contribution in [2.24, 2.45) is 5.73 Å². The Hall–Kier alpha value is -0.380. The van der Waals surface area contributed by atoms with Gasteiger partial charge in [0.05, 0.1) is 0 Å². The van der Waals surface area contributed by atoms with Crippen molar-refractivity contribution in [1.82, 2.24) is 4.90 Å². The van der Waals surface area contributed by atoms with Gasteiger partial charge in [0.15, 0.2) is 0 Å². The van der Waals surface area contributed by atoms with Crippen molar-refractivity contribution in [3.05, 3.63) is 22.4 Å².